The summed E-state index contributed by atoms with van der Waals surface area (Å²) in [5.74, 6) is 0.396. The molecule has 0 saturated carbocycles. The molecule has 0 spiro atoms. The van der Waals surface area contributed by atoms with Gasteiger partial charge in [0.2, 0.25) is 5.82 Å². The van der Waals surface area contributed by atoms with Crippen LogP contribution in [0.25, 0.3) is 11.0 Å². The first kappa shape index (κ1) is 12.5. The second kappa shape index (κ2) is 4.83. The van der Waals surface area contributed by atoms with Crippen LogP contribution in [0.3, 0.4) is 0 Å². The molecule has 98 valence electrons. The zero-order valence-corrected chi connectivity index (χ0v) is 11.2. The summed E-state index contributed by atoms with van der Waals surface area (Å²) < 4.78 is 1.93. The standard InChI is InChI=1S/C14H10ClN5/c15-10-3-1-9(2-4-10)8-20-6-5-11-13(17)18-12(7-16)19-14(11)20/h1-6H,8H2,(H2,17,18,19). The van der Waals surface area contributed by atoms with Crippen molar-refractivity contribution in [3.63, 3.8) is 0 Å². The maximum Gasteiger partial charge on any atom is 0.236 e. The van der Waals surface area contributed by atoms with Gasteiger partial charge in [-0.2, -0.15) is 5.26 Å². The Bertz CT molecular complexity index is 814. The van der Waals surface area contributed by atoms with E-state index in [0.717, 1.165) is 10.9 Å². The van der Waals surface area contributed by atoms with Crippen molar-refractivity contribution in [2.24, 2.45) is 0 Å². The molecule has 0 unspecified atom stereocenters. The minimum Gasteiger partial charge on any atom is -0.383 e. The fourth-order valence-electron chi connectivity index (χ4n) is 2.05. The molecule has 2 aromatic heterocycles. The molecule has 3 rings (SSSR count). The van der Waals surface area contributed by atoms with Gasteiger partial charge in [0.1, 0.15) is 17.5 Å². The van der Waals surface area contributed by atoms with Gasteiger partial charge in [-0.3, -0.25) is 0 Å². The van der Waals surface area contributed by atoms with E-state index in [1.54, 1.807) is 0 Å². The molecule has 5 nitrogen and oxygen atoms in total. The van der Waals surface area contributed by atoms with Crippen LogP contribution in [-0.4, -0.2) is 14.5 Å². The molecule has 0 amide bonds. The quantitative estimate of drug-likeness (QED) is 0.784. The van der Waals surface area contributed by atoms with Crippen molar-refractivity contribution in [2.75, 3.05) is 5.73 Å². The molecule has 2 N–H and O–H groups in total. The maximum absolute atomic E-state index is 8.92. The third kappa shape index (κ3) is 2.17. The number of nitrogens with two attached hydrogens (primary N) is 1. The zero-order chi connectivity index (χ0) is 14.1. The second-order valence-electron chi connectivity index (χ2n) is 4.35. The van der Waals surface area contributed by atoms with Crippen LogP contribution in [0, 0.1) is 11.3 Å². The molecule has 2 heterocycles. The molecule has 0 radical (unpaired) electrons. The van der Waals surface area contributed by atoms with Gasteiger partial charge in [-0.1, -0.05) is 23.7 Å². The number of nitriles is 1. The number of hydrogen-bond acceptors (Lipinski definition) is 4. The van der Waals surface area contributed by atoms with Crippen molar-refractivity contribution < 1.29 is 0 Å². The highest BCUT2D eigenvalue weighted by molar-refractivity contribution is 6.30. The molecule has 0 saturated heterocycles. The Morgan fingerprint density at radius 3 is 2.65 bits per heavy atom. The molecule has 1 aromatic carbocycles. The van der Waals surface area contributed by atoms with Crippen molar-refractivity contribution in [3.8, 4) is 6.07 Å². The van der Waals surface area contributed by atoms with Gasteiger partial charge in [-0.15, -0.1) is 0 Å². The lowest BCUT2D eigenvalue weighted by atomic mass is 10.2. The van der Waals surface area contributed by atoms with Crippen molar-refractivity contribution >= 4 is 28.5 Å². The number of rotatable bonds is 2. The summed E-state index contributed by atoms with van der Waals surface area (Å²) in [6, 6.07) is 11.3. The summed E-state index contributed by atoms with van der Waals surface area (Å²) >= 11 is 5.87. The van der Waals surface area contributed by atoms with E-state index >= 15 is 0 Å². The Labute approximate surface area is 120 Å². The number of anilines is 1. The molecule has 3 aromatic rings. The van der Waals surface area contributed by atoms with E-state index in [9.17, 15) is 0 Å². The molecule has 0 aliphatic carbocycles. The lowest BCUT2D eigenvalue weighted by Gasteiger charge is -2.06. The molecular weight excluding hydrogens is 274 g/mol. The van der Waals surface area contributed by atoms with Gasteiger partial charge in [-0.25, -0.2) is 9.97 Å². The van der Waals surface area contributed by atoms with Crippen LogP contribution in [0.5, 0.6) is 0 Å². The van der Waals surface area contributed by atoms with Gasteiger partial charge >= 0.3 is 0 Å². The van der Waals surface area contributed by atoms with Crippen LogP contribution in [0.4, 0.5) is 5.82 Å². The lowest BCUT2D eigenvalue weighted by Crippen LogP contribution is -2.03. The van der Waals surface area contributed by atoms with E-state index in [-0.39, 0.29) is 5.82 Å². The summed E-state index contributed by atoms with van der Waals surface area (Å²) in [5.41, 5.74) is 7.57. The van der Waals surface area contributed by atoms with Crippen molar-refractivity contribution in [1.82, 2.24) is 14.5 Å². The highest BCUT2D eigenvalue weighted by Gasteiger charge is 2.09. The van der Waals surface area contributed by atoms with Crippen LogP contribution in [-0.2, 0) is 6.54 Å². The smallest absolute Gasteiger partial charge is 0.236 e. The van der Waals surface area contributed by atoms with Gasteiger partial charge in [0.15, 0.2) is 0 Å². The van der Waals surface area contributed by atoms with Crippen LogP contribution >= 0.6 is 11.6 Å². The predicted molar refractivity (Wildman–Crippen MR) is 77.2 cm³/mol. The average Bonchev–Trinajstić information content (AvgIpc) is 2.85. The van der Waals surface area contributed by atoms with Gasteiger partial charge in [0, 0.05) is 17.8 Å². The largest absolute Gasteiger partial charge is 0.383 e. The number of hydrogen-bond donors (Lipinski definition) is 1. The van der Waals surface area contributed by atoms with Gasteiger partial charge in [-0.05, 0) is 23.8 Å². The molecule has 0 fully saturated rings. The normalized spacial score (nSPS) is 10.6. The summed E-state index contributed by atoms with van der Waals surface area (Å²) in [6.07, 6.45) is 1.88. The van der Waals surface area contributed by atoms with Gasteiger partial charge < -0.3 is 10.3 Å². The Kier molecular flexibility index (Phi) is 3.01. The highest BCUT2D eigenvalue weighted by Crippen LogP contribution is 2.20. The molecule has 0 aliphatic rings. The Hall–Kier alpha value is -2.58. The van der Waals surface area contributed by atoms with Crippen molar-refractivity contribution in [1.29, 1.82) is 5.26 Å². The second-order valence-corrected chi connectivity index (χ2v) is 4.79. The third-order valence-corrected chi connectivity index (χ3v) is 3.27. The fraction of sp³-hybridized carbons (Fsp3) is 0.0714. The predicted octanol–water partition coefficient (Wildman–Crippen LogP) is 2.59. The summed E-state index contributed by atoms with van der Waals surface area (Å²) in [5, 5.41) is 10.4. The topological polar surface area (TPSA) is 80.5 Å². The van der Waals surface area contributed by atoms with E-state index < -0.39 is 0 Å². The third-order valence-electron chi connectivity index (χ3n) is 3.01. The van der Waals surface area contributed by atoms with Crippen LogP contribution < -0.4 is 5.73 Å². The molecule has 20 heavy (non-hydrogen) atoms. The minimum atomic E-state index is 0.0751. The van der Waals surface area contributed by atoms with Crippen LogP contribution in [0.15, 0.2) is 36.5 Å². The first-order chi connectivity index (χ1) is 9.67. The first-order valence-corrected chi connectivity index (χ1v) is 6.32. The molecule has 0 atom stereocenters. The Morgan fingerprint density at radius 1 is 1.20 bits per heavy atom. The lowest BCUT2D eigenvalue weighted by molar-refractivity contribution is 0.822. The number of benzene rings is 1. The van der Waals surface area contributed by atoms with Crippen molar-refractivity contribution in [2.45, 2.75) is 6.54 Å². The van der Waals surface area contributed by atoms with Gasteiger partial charge in [0.05, 0.1) is 5.39 Å². The average molecular weight is 284 g/mol. The van der Waals surface area contributed by atoms with Crippen molar-refractivity contribution in [3.05, 3.63) is 52.9 Å². The van der Waals surface area contributed by atoms with Crippen LogP contribution in [0.2, 0.25) is 5.02 Å². The van der Waals surface area contributed by atoms with Crippen LogP contribution in [0.1, 0.15) is 11.4 Å². The molecule has 0 aliphatic heterocycles. The van der Waals surface area contributed by atoms with Gasteiger partial charge in [0.25, 0.3) is 0 Å². The number of halogens is 1. The number of fused-ring (bicyclic) bond motifs is 1. The molecule has 6 heteroatoms. The maximum atomic E-state index is 8.92. The first-order valence-electron chi connectivity index (χ1n) is 5.94. The summed E-state index contributed by atoms with van der Waals surface area (Å²) in [7, 11) is 0. The van der Waals surface area contributed by atoms with E-state index in [4.69, 9.17) is 22.6 Å². The summed E-state index contributed by atoms with van der Waals surface area (Å²) in [6.45, 7) is 0.627. The SMILES string of the molecule is N#Cc1nc(N)c2ccn(Cc3ccc(Cl)cc3)c2n1. The molecular formula is C14H10ClN5. The van der Waals surface area contributed by atoms with E-state index in [1.807, 2.05) is 47.2 Å². The number of nitrogens with zero attached hydrogens (tertiary/aromatic N) is 4. The Morgan fingerprint density at radius 2 is 1.95 bits per heavy atom. The molecule has 0 bridgehead atoms. The highest BCUT2D eigenvalue weighted by atomic mass is 35.5. The Balaban J connectivity index is 2.06. The minimum absolute atomic E-state index is 0.0751. The van der Waals surface area contributed by atoms with E-state index in [2.05, 4.69) is 9.97 Å². The van der Waals surface area contributed by atoms with E-state index in [1.165, 1.54) is 0 Å². The number of aromatic nitrogens is 3. The fourth-order valence-corrected chi connectivity index (χ4v) is 2.18. The zero-order valence-electron chi connectivity index (χ0n) is 10.4. The monoisotopic (exact) mass is 283 g/mol. The van der Waals surface area contributed by atoms with E-state index in [0.29, 0.717) is 23.0 Å². The summed E-state index contributed by atoms with van der Waals surface area (Å²) in [4.78, 5) is 8.14. The number of nitrogen functional groups attached to an aromatic ring is 1.